The van der Waals surface area contributed by atoms with Gasteiger partial charge < -0.3 is 20.3 Å². The van der Waals surface area contributed by atoms with E-state index in [9.17, 15) is 9.59 Å². The maximum absolute atomic E-state index is 12.5. The predicted molar refractivity (Wildman–Crippen MR) is 76.7 cm³/mol. The monoisotopic (exact) mass is 295 g/mol. The number of carbonyl (C=O) groups is 2. The second kappa shape index (κ2) is 6.57. The summed E-state index contributed by atoms with van der Waals surface area (Å²) in [5.41, 5.74) is 6.64. The minimum Gasteiger partial charge on any atom is -0.396 e. The average Bonchev–Trinajstić information content (AvgIpc) is 2.88. The lowest BCUT2D eigenvalue weighted by Gasteiger charge is -2.34. The molecule has 21 heavy (non-hydrogen) atoms. The van der Waals surface area contributed by atoms with Gasteiger partial charge in [0, 0.05) is 39.8 Å². The van der Waals surface area contributed by atoms with Crippen LogP contribution in [0.2, 0.25) is 0 Å². The third-order valence-electron chi connectivity index (χ3n) is 3.56. The van der Waals surface area contributed by atoms with E-state index in [1.54, 1.807) is 14.5 Å². The van der Waals surface area contributed by atoms with Crippen LogP contribution in [0.15, 0.2) is 6.20 Å². The van der Waals surface area contributed by atoms with Gasteiger partial charge in [-0.25, -0.2) is 0 Å². The van der Waals surface area contributed by atoms with Crippen LogP contribution in [0.25, 0.3) is 0 Å². The number of hydrogen-bond donors (Lipinski definition) is 1. The van der Waals surface area contributed by atoms with E-state index in [1.807, 2.05) is 6.92 Å². The molecule has 1 aliphatic rings. The molecule has 1 fully saturated rings. The molecular formula is C13H21N5O3. The van der Waals surface area contributed by atoms with Gasteiger partial charge in [0.05, 0.1) is 11.9 Å². The molecule has 0 saturated carbocycles. The first kappa shape index (κ1) is 15.3. The molecule has 0 aliphatic carbocycles. The van der Waals surface area contributed by atoms with Crippen molar-refractivity contribution >= 4 is 17.5 Å². The SMILES string of the molecule is CCn1ncc(N)c1C(=O)N1CCN(C(=O)COC)CC1. The van der Waals surface area contributed by atoms with Crippen molar-refractivity contribution in [3.05, 3.63) is 11.9 Å². The lowest BCUT2D eigenvalue weighted by molar-refractivity contribution is -0.136. The summed E-state index contributed by atoms with van der Waals surface area (Å²) < 4.78 is 6.43. The van der Waals surface area contributed by atoms with Gasteiger partial charge in [-0.1, -0.05) is 0 Å². The van der Waals surface area contributed by atoms with Crippen molar-refractivity contribution < 1.29 is 14.3 Å². The number of anilines is 1. The summed E-state index contributed by atoms with van der Waals surface area (Å²) >= 11 is 0. The second-order valence-electron chi connectivity index (χ2n) is 4.87. The molecule has 1 aromatic rings. The molecule has 0 unspecified atom stereocenters. The lowest BCUT2D eigenvalue weighted by Crippen LogP contribution is -2.51. The molecule has 116 valence electrons. The normalized spacial score (nSPS) is 15.3. The van der Waals surface area contributed by atoms with Crippen molar-refractivity contribution in [2.24, 2.45) is 0 Å². The number of piperazine rings is 1. The molecule has 2 heterocycles. The second-order valence-corrected chi connectivity index (χ2v) is 4.87. The highest BCUT2D eigenvalue weighted by Gasteiger charge is 2.27. The van der Waals surface area contributed by atoms with Crippen LogP contribution in [0.1, 0.15) is 17.4 Å². The summed E-state index contributed by atoms with van der Waals surface area (Å²) in [5.74, 6) is -0.187. The van der Waals surface area contributed by atoms with Gasteiger partial charge >= 0.3 is 0 Å². The predicted octanol–water partition coefficient (Wildman–Crippen LogP) is -0.584. The largest absolute Gasteiger partial charge is 0.396 e. The molecule has 8 heteroatoms. The summed E-state index contributed by atoms with van der Waals surface area (Å²) in [5, 5.41) is 4.08. The molecule has 0 bridgehead atoms. The highest BCUT2D eigenvalue weighted by atomic mass is 16.5. The van der Waals surface area contributed by atoms with E-state index in [-0.39, 0.29) is 18.4 Å². The first-order valence-electron chi connectivity index (χ1n) is 6.95. The molecule has 0 spiro atoms. The van der Waals surface area contributed by atoms with Crippen molar-refractivity contribution in [3.63, 3.8) is 0 Å². The first-order valence-corrected chi connectivity index (χ1v) is 6.95. The van der Waals surface area contributed by atoms with E-state index in [0.717, 1.165) is 0 Å². The molecule has 2 N–H and O–H groups in total. The lowest BCUT2D eigenvalue weighted by atomic mass is 10.2. The van der Waals surface area contributed by atoms with E-state index in [0.29, 0.717) is 44.1 Å². The fraction of sp³-hybridized carbons (Fsp3) is 0.615. The number of rotatable bonds is 4. The Balaban J connectivity index is 2.00. The van der Waals surface area contributed by atoms with Crippen LogP contribution in [-0.4, -0.2) is 71.3 Å². The summed E-state index contributed by atoms with van der Waals surface area (Å²) in [7, 11) is 1.49. The molecule has 0 aromatic carbocycles. The topological polar surface area (TPSA) is 93.7 Å². The number of methoxy groups -OCH3 is 1. The number of aromatic nitrogens is 2. The van der Waals surface area contributed by atoms with E-state index in [4.69, 9.17) is 10.5 Å². The zero-order valence-corrected chi connectivity index (χ0v) is 12.4. The third-order valence-corrected chi connectivity index (χ3v) is 3.56. The third kappa shape index (κ3) is 3.15. The van der Waals surface area contributed by atoms with Crippen molar-refractivity contribution in [1.82, 2.24) is 19.6 Å². The van der Waals surface area contributed by atoms with Crippen LogP contribution < -0.4 is 5.73 Å². The molecule has 2 rings (SSSR count). The Labute approximate surface area is 123 Å². The Hall–Kier alpha value is -2.09. The van der Waals surface area contributed by atoms with Crippen molar-refractivity contribution in [3.8, 4) is 0 Å². The molecule has 0 radical (unpaired) electrons. The highest BCUT2D eigenvalue weighted by molar-refractivity contribution is 5.97. The van der Waals surface area contributed by atoms with Gasteiger partial charge in [0.2, 0.25) is 5.91 Å². The van der Waals surface area contributed by atoms with E-state index >= 15 is 0 Å². The smallest absolute Gasteiger partial charge is 0.274 e. The van der Waals surface area contributed by atoms with Crippen LogP contribution >= 0.6 is 0 Å². The average molecular weight is 295 g/mol. The molecule has 1 aromatic heterocycles. The summed E-state index contributed by atoms with van der Waals surface area (Å²) in [4.78, 5) is 27.6. The van der Waals surface area contributed by atoms with Crippen molar-refractivity contribution in [2.45, 2.75) is 13.5 Å². The van der Waals surface area contributed by atoms with Crippen molar-refractivity contribution in [1.29, 1.82) is 0 Å². The van der Waals surface area contributed by atoms with Gasteiger partial charge in [-0.05, 0) is 6.92 Å². The van der Waals surface area contributed by atoms with Gasteiger partial charge in [0.25, 0.3) is 5.91 Å². The maximum atomic E-state index is 12.5. The summed E-state index contributed by atoms with van der Waals surface area (Å²) in [6, 6.07) is 0. The number of carbonyl (C=O) groups excluding carboxylic acids is 2. The zero-order valence-electron chi connectivity index (χ0n) is 12.4. The number of aryl methyl sites for hydroxylation is 1. The molecular weight excluding hydrogens is 274 g/mol. The van der Waals surface area contributed by atoms with Crippen LogP contribution in [0, 0.1) is 0 Å². The fourth-order valence-corrected chi connectivity index (χ4v) is 2.40. The minimum absolute atomic E-state index is 0.0530. The number of ether oxygens (including phenoxy) is 1. The van der Waals surface area contributed by atoms with Crippen LogP contribution in [0.3, 0.4) is 0 Å². The van der Waals surface area contributed by atoms with Crippen LogP contribution in [0.4, 0.5) is 5.69 Å². The number of amides is 2. The quantitative estimate of drug-likeness (QED) is 0.802. The maximum Gasteiger partial charge on any atom is 0.274 e. The molecule has 1 aliphatic heterocycles. The first-order chi connectivity index (χ1) is 10.1. The number of nitrogens with zero attached hydrogens (tertiary/aromatic N) is 4. The Morgan fingerprint density at radius 2 is 1.90 bits per heavy atom. The number of nitrogen functional groups attached to an aromatic ring is 1. The van der Waals surface area contributed by atoms with Gasteiger partial charge in [0.15, 0.2) is 0 Å². The van der Waals surface area contributed by atoms with Crippen LogP contribution in [-0.2, 0) is 16.1 Å². The standard InChI is InChI=1S/C13H21N5O3/c1-3-18-12(10(14)8-15-18)13(20)17-6-4-16(5-7-17)11(19)9-21-2/h8H,3-7,9,14H2,1-2H3. The van der Waals surface area contributed by atoms with Gasteiger partial charge in [-0.15, -0.1) is 0 Å². The number of nitrogens with two attached hydrogens (primary N) is 1. The summed E-state index contributed by atoms with van der Waals surface area (Å²) in [6.45, 7) is 4.56. The molecule has 1 saturated heterocycles. The van der Waals surface area contributed by atoms with E-state index < -0.39 is 0 Å². The fourth-order valence-electron chi connectivity index (χ4n) is 2.40. The Morgan fingerprint density at radius 1 is 1.29 bits per heavy atom. The minimum atomic E-state index is -0.134. The zero-order chi connectivity index (χ0) is 15.4. The Bertz CT molecular complexity index is 520. The summed E-state index contributed by atoms with van der Waals surface area (Å²) in [6.07, 6.45) is 1.50. The molecule has 8 nitrogen and oxygen atoms in total. The molecule has 0 atom stereocenters. The molecule has 2 amide bonds. The highest BCUT2D eigenvalue weighted by Crippen LogP contribution is 2.15. The van der Waals surface area contributed by atoms with E-state index in [1.165, 1.54) is 13.3 Å². The van der Waals surface area contributed by atoms with Crippen LogP contribution in [0.5, 0.6) is 0 Å². The van der Waals surface area contributed by atoms with Gasteiger partial charge in [0.1, 0.15) is 12.3 Å². The van der Waals surface area contributed by atoms with E-state index in [2.05, 4.69) is 5.10 Å². The number of hydrogen-bond acceptors (Lipinski definition) is 5. The van der Waals surface area contributed by atoms with Gasteiger partial charge in [-0.3, -0.25) is 14.3 Å². The Morgan fingerprint density at radius 3 is 2.48 bits per heavy atom. The van der Waals surface area contributed by atoms with Gasteiger partial charge in [-0.2, -0.15) is 5.10 Å². The van der Waals surface area contributed by atoms with Crippen molar-refractivity contribution in [2.75, 3.05) is 45.6 Å². The Kier molecular flexibility index (Phi) is 4.79.